The minimum absolute atomic E-state index is 0.0476. The summed E-state index contributed by atoms with van der Waals surface area (Å²) < 4.78 is 45.9. The van der Waals surface area contributed by atoms with E-state index in [1.807, 2.05) is 6.92 Å². The molecule has 1 aliphatic heterocycles. The molecule has 40 heavy (non-hydrogen) atoms. The van der Waals surface area contributed by atoms with E-state index in [0.29, 0.717) is 35.6 Å². The molecule has 2 aliphatic carbocycles. The normalized spacial score (nSPS) is 22.9. The molecule has 10 nitrogen and oxygen atoms in total. The molecule has 2 fully saturated rings. The van der Waals surface area contributed by atoms with Crippen molar-refractivity contribution in [2.24, 2.45) is 5.92 Å². The van der Waals surface area contributed by atoms with Crippen molar-refractivity contribution in [3.63, 3.8) is 0 Å². The number of nitrogen functional groups attached to an aromatic ring is 1. The van der Waals surface area contributed by atoms with E-state index in [9.17, 15) is 28.2 Å². The third-order valence-electron chi connectivity index (χ3n) is 8.18. The van der Waals surface area contributed by atoms with Gasteiger partial charge in [0.1, 0.15) is 12.0 Å². The van der Waals surface area contributed by atoms with E-state index in [1.54, 1.807) is 23.2 Å². The highest BCUT2D eigenvalue weighted by Gasteiger charge is 2.42. The lowest BCUT2D eigenvalue weighted by molar-refractivity contribution is -0.274. The van der Waals surface area contributed by atoms with Crippen LogP contribution < -0.4 is 15.8 Å². The standard InChI is InChI=1S/C27H31F3N6O4/c1-13(14-5-6-14)35-12-16-9-15(10-20(21(16)26(35)39)40-27(28,29)30)19-7-8-36-24(33-19)22(23(31)34-36)25(38)32-17-3-2-4-18(37)11-17/h7-10,13-14,17-18,25,32,37-38H,2-6,11-12H2,1H3,(H2,31,34)/t13-,17-,18+,25?/m0/s1. The number of alkyl halides is 3. The van der Waals surface area contributed by atoms with Crippen LogP contribution in [0.2, 0.25) is 0 Å². The predicted molar refractivity (Wildman–Crippen MR) is 138 cm³/mol. The summed E-state index contributed by atoms with van der Waals surface area (Å²) in [6.45, 7) is 2.10. The zero-order valence-electron chi connectivity index (χ0n) is 21.9. The van der Waals surface area contributed by atoms with Gasteiger partial charge in [-0.3, -0.25) is 10.1 Å². The first-order chi connectivity index (χ1) is 19.0. The summed E-state index contributed by atoms with van der Waals surface area (Å²) in [5, 5.41) is 28.3. The number of anilines is 1. The summed E-state index contributed by atoms with van der Waals surface area (Å²) in [4.78, 5) is 19.4. The molecular formula is C27H31F3N6O4. The second-order valence-corrected chi connectivity index (χ2v) is 11.0. The topological polar surface area (TPSA) is 138 Å². The number of rotatable bonds is 7. The van der Waals surface area contributed by atoms with E-state index in [-0.39, 0.29) is 41.2 Å². The molecule has 1 unspecified atom stereocenters. The molecule has 3 aromatic rings. The number of aliphatic hydroxyl groups is 2. The van der Waals surface area contributed by atoms with Gasteiger partial charge in [-0.25, -0.2) is 9.50 Å². The van der Waals surface area contributed by atoms with Gasteiger partial charge in [0.2, 0.25) is 0 Å². The molecule has 214 valence electrons. The van der Waals surface area contributed by atoms with Crippen molar-refractivity contribution in [2.75, 3.05) is 5.73 Å². The third kappa shape index (κ3) is 5.08. The lowest BCUT2D eigenvalue weighted by atomic mass is 9.93. The van der Waals surface area contributed by atoms with E-state index in [2.05, 4.69) is 20.1 Å². The van der Waals surface area contributed by atoms with Crippen molar-refractivity contribution in [1.29, 1.82) is 0 Å². The number of hydrogen-bond acceptors (Lipinski definition) is 8. The molecule has 2 saturated carbocycles. The first-order valence-corrected chi connectivity index (χ1v) is 13.5. The zero-order valence-corrected chi connectivity index (χ0v) is 21.9. The second kappa shape index (κ2) is 9.89. The van der Waals surface area contributed by atoms with Gasteiger partial charge in [0.05, 0.1) is 22.9 Å². The summed E-state index contributed by atoms with van der Waals surface area (Å²) >= 11 is 0. The number of aromatic nitrogens is 3. The molecule has 4 atom stereocenters. The maximum absolute atomic E-state index is 13.4. The highest BCUT2D eigenvalue weighted by molar-refractivity contribution is 6.02. The van der Waals surface area contributed by atoms with Crippen molar-refractivity contribution in [3.8, 4) is 17.0 Å². The Balaban J connectivity index is 1.37. The fourth-order valence-electron chi connectivity index (χ4n) is 5.96. The molecule has 0 spiro atoms. The molecule has 13 heteroatoms. The molecule has 3 aliphatic rings. The molecule has 0 bridgehead atoms. The van der Waals surface area contributed by atoms with Gasteiger partial charge in [0, 0.05) is 30.4 Å². The Kier molecular flexibility index (Phi) is 6.62. The fourth-order valence-corrected chi connectivity index (χ4v) is 5.96. The van der Waals surface area contributed by atoms with Crippen LogP contribution >= 0.6 is 0 Å². The van der Waals surface area contributed by atoms with Crippen molar-refractivity contribution in [3.05, 3.63) is 41.1 Å². The largest absolute Gasteiger partial charge is 0.573 e. The van der Waals surface area contributed by atoms with Crippen LogP contribution in [0.1, 0.15) is 73.2 Å². The minimum atomic E-state index is -4.99. The van der Waals surface area contributed by atoms with Crippen LogP contribution in [0.25, 0.3) is 16.9 Å². The number of nitrogens with zero attached hydrogens (tertiary/aromatic N) is 4. The smallest absolute Gasteiger partial charge is 0.405 e. The Morgan fingerprint density at radius 2 is 2.00 bits per heavy atom. The van der Waals surface area contributed by atoms with Gasteiger partial charge in [-0.15, -0.1) is 18.3 Å². The Hall–Kier alpha value is -3.42. The SMILES string of the molecule is C[C@@H](C1CC1)N1Cc2cc(-c3ccn4nc(N)c(C(O)N[C@H]5CCC[C@@H](O)C5)c4n3)cc(OC(F)(F)F)c2C1=O. The van der Waals surface area contributed by atoms with Gasteiger partial charge in [0.25, 0.3) is 5.91 Å². The first kappa shape index (κ1) is 26.8. The number of carbonyl (C=O) groups excluding carboxylic acids is 1. The highest BCUT2D eigenvalue weighted by atomic mass is 19.4. The minimum Gasteiger partial charge on any atom is -0.405 e. The van der Waals surface area contributed by atoms with Crippen LogP contribution in [0.3, 0.4) is 0 Å². The summed E-state index contributed by atoms with van der Waals surface area (Å²) in [5.74, 6) is -0.651. The van der Waals surface area contributed by atoms with Crippen LogP contribution in [0, 0.1) is 5.92 Å². The van der Waals surface area contributed by atoms with Crippen molar-refractivity contribution >= 4 is 17.4 Å². The number of amides is 1. The molecule has 0 saturated heterocycles. The number of nitrogens with two attached hydrogens (primary N) is 1. The van der Waals surface area contributed by atoms with Gasteiger partial charge in [0.15, 0.2) is 11.5 Å². The number of halogens is 3. The number of hydrogen-bond donors (Lipinski definition) is 4. The second-order valence-electron chi connectivity index (χ2n) is 11.0. The summed E-state index contributed by atoms with van der Waals surface area (Å²) in [5.41, 5.74) is 7.54. The average molecular weight is 561 g/mol. The van der Waals surface area contributed by atoms with Crippen LogP contribution in [0.15, 0.2) is 24.4 Å². The maximum atomic E-state index is 13.4. The van der Waals surface area contributed by atoms with Crippen LogP contribution in [-0.2, 0) is 6.54 Å². The summed E-state index contributed by atoms with van der Waals surface area (Å²) in [6.07, 6.45) is -0.350. The predicted octanol–water partition coefficient (Wildman–Crippen LogP) is 3.52. The Labute approximate surface area is 227 Å². The van der Waals surface area contributed by atoms with Gasteiger partial charge >= 0.3 is 6.36 Å². The van der Waals surface area contributed by atoms with Crippen molar-refractivity contribution < 1.29 is 32.9 Å². The molecular weight excluding hydrogens is 529 g/mol. The number of carbonyl (C=O) groups is 1. The summed E-state index contributed by atoms with van der Waals surface area (Å²) in [7, 11) is 0. The van der Waals surface area contributed by atoms with Gasteiger partial charge in [-0.2, -0.15) is 0 Å². The van der Waals surface area contributed by atoms with E-state index >= 15 is 0 Å². The molecule has 5 N–H and O–H groups in total. The maximum Gasteiger partial charge on any atom is 0.573 e. The van der Waals surface area contributed by atoms with Crippen LogP contribution in [0.5, 0.6) is 5.75 Å². The third-order valence-corrected chi connectivity index (χ3v) is 8.18. The lowest BCUT2D eigenvalue weighted by Gasteiger charge is -2.28. The molecule has 2 aromatic heterocycles. The van der Waals surface area contributed by atoms with E-state index < -0.39 is 30.4 Å². The zero-order chi connectivity index (χ0) is 28.3. The van der Waals surface area contributed by atoms with Crippen molar-refractivity contribution in [2.45, 2.75) is 82.8 Å². The first-order valence-electron chi connectivity index (χ1n) is 13.5. The Morgan fingerprint density at radius 3 is 2.70 bits per heavy atom. The average Bonchev–Trinajstić information content (AvgIpc) is 3.59. The fraction of sp³-hybridized carbons (Fsp3) is 0.519. The Morgan fingerprint density at radius 1 is 1.23 bits per heavy atom. The van der Waals surface area contributed by atoms with Gasteiger partial charge in [-0.05, 0) is 75.1 Å². The molecule has 1 amide bonds. The quantitative estimate of drug-likeness (QED) is 0.322. The van der Waals surface area contributed by atoms with E-state index in [0.717, 1.165) is 25.7 Å². The van der Waals surface area contributed by atoms with E-state index in [4.69, 9.17) is 5.73 Å². The molecule has 1 aromatic carbocycles. The Bertz CT molecular complexity index is 1460. The number of ether oxygens (including phenoxy) is 1. The highest BCUT2D eigenvalue weighted by Crippen LogP contribution is 2.42. The van der Waals surface area contributed by atoms with Crippen LogP contribution in [-0.4, -0.2) is 60.2 Å². The summed E-state index contributed by atoms with van der Waals surface area (Å²) in [6, 6.07) is 4.18. The lowest BCUT2D eigenvalue weighted by Crippen LogP contribution is -2.38. The molecule has 0 radical (unpaired) electrons. The van der Waals surface area contributed by atoms with Gasteiger partial charge in [-0.1, -0.05) is 0 Å². The number of aliphatic hydroxyl groups excluding tert-OH is 2. The monoisotopic (exact) mass is 560 g/mol. The molecule has 6 rings (SSSR count). The van der Waals surface area contributed by atoms with E-state index in [1.165, 1.54) is 10.6 Å². The van der Waals surface area contributed by atoms with Crippen LogP contribution in [0.4, 0.5) is 19.0 Å². The van der Waals surface area contributed by atoms with Crippen molar-refractivity contribution in [1.82, 2.24) is 24.8 Å². The number of nitrogens with one attached hydrogen (secondary N) is 1. The van der Waals surface area contributed by atoms with Gasteiger partial charge < -0.3 is 25.6 Å². The number of fused-ring (bicyclic) bond motifs is 2. The number of benzene rings is 1. The molecule has 3 heterocycles.